The summed E-state index contributed by atoms with van der Waals surface area (Å²) in [6.45, 7) is 2.23. The van der Waals surface area contributed by atoms with Crippen molar-refractivity contribution in [1.29, 1.82) is 5.41 Å². The van der Waals surface area contributed by atoms with Gasteiger partial charge in [0.05, 0.1) is 23.5 Å². The third kappa shape index (κ3) is 3.34. The zero-order valence-corrected chi connectivity index (χ0v) is 14.6. The quantitative estimate of drug-likeness (QED) is 0.507. The summed E-state index contributed by atoms with van der Waals surface area (Å²) >= 11 is 0. The molecule has 134 valence electrons. The molecule has 0 spiro atoms. The zero-order chi connectivity index (χ0) is 18.0. The molecule has 2 heterocycles. The maximum absolute atomic E-state index is 12.2. The van der Waals surface area contributed by atoms with Gasteiger partial charge < -0.3 is 27.1 Å². The summed E-state index contributed by atoms with van der Waals surface area (Å²) in [5.41, 5.74) is 9.16. The summed E-state index contributed by atoms with van der Waals surface area (Å²) in [6, 6.07) is 0.202. The Morgan fingerprint density at radius 3 is 2.80 bits per heavy atom. The number of carbonyl (C=O) groups is 1. The van der Waals surface area contributed by atoms with Crippen molar-refractivity contribution in [2.45, 2.75) is 51.2 Å². The number of allylic oxidation sites excluding steroid dienone is 2. The highest BCUT2D eigenvalue weighted by Gasteiger charge is 2.29. The highest BCUT2D eigenvalue weighted by atomic mass is 16.1. The molecule has 6 N–H and O–H groups in total. The van der Waals surface area contributed by atoms with Crippen LogP contribution in [0.5, 0.6) is 0 Å². The van der Waals surface area contributed by atoms with Crippen LogP contribution in [-0.2, 0) is 6.54 Å². The van der Waals surface area contributed by atoms with E-state index in [4.69, 9.17) is 11.1 Å². The van der Waals surface area contributed by atoms with Crippen LogP contribution < -0.4 is 21.7 Å². The van der Waals surface area contributed by atoms with Gasteiger partial charge in [0.15, 0.2) is 0 Å². The Kier molecular flexibility index (Phi) is 4.98. The molecule has 2 aliphatic rings. The minimum absolute atomic E-state index is 0.0746. The summed E-state index contributed by atoms with van der Waals surface area (Å²) in [5.74, 6) is 0.269. The van der Waals surface area contributed by atoms with Crippen LogP contribution in [0.15, 0.2) is 5.70 Å². The molecule has 25 heavy (non-hydrogen) atoms. The summed E-state index contributed by atoms with van der Waals surface area (Å²) < 4.78 is 0. The Morgan fingerprint density at radius 1 is 1.36 bits per heavy atom. The first kappa shape index (κ1) is 17.3. The van der Waals surface area contributed by atoms with Gasteiger partial charge in [-0.2, -0.15) is 0 Å². The predicted molar refractivity (Wildman–Crippen MR) is 97.5 cm³/mol. The number of hydrogen-bond donors (Lipinski definition) is 5. The molecule has 1 aliphatic carbocycles. The molecule has 8 nitrogen and oxygen atoms in total. The van der Waals surface area contributed by atoms with Gasteiger partial charge in [-0.3, -0.25) is 4.79 Å². The number of aromatic nitrogens is 2. The SMILES string of the molecule is CN/C(C)=C(\C=N)c1nc(NC2CCCCC2N)nc2c1C(=O)NC2. The molecule has 2 atom stereocenters. The minimum atomic E-state index is -0.200. The van der Waals surface area contributed by atoms with Gasteiger partial charge in [-0.1, -0.05) is 12.8 Å². The van der Waals surface area contributed by atoms with Gasteiger partial charge in [0.25, 0.3) is 5.91 Å². The summed E-state index contributed by atoms with van der Waals surface area (Å²) in [5, 5.41) is 16.9. The van der Waals surface area contributed by atoms with E-state index in [0.29, 0.717) is 35.0 Å². The van der Waals surface area contributed by atoms with Crippen LogP contribution >= 0.6 is 0 Å². The highest BCUT2D eigenvalue weighted by Crippen LogP contribution is 2.27. The zero-order valence-electron chi connectivity index (χ0n) is 14.6. The van der Waals surface area contributed by atoms with Crippen molar-refractivity contribution in [2.24, 2.45) is 5.73 Å². The Labute approximate surface area is 147 Å². The largest absolute Gasteiger partial charge is 0.391 e. The Morgan fingerprint density at radius 2 is 2.12 bits per heavy atom. The molecule has 1 fully saturated rings. The Hall–Kier alpha value is -2.48. The number of nitrogens with two attached hydrogens (primary N) is 1. The average molecular weight is 343 g/mol. The van der Waals surface area contributed by atoms with Crippen molar-refractivity contribution in [2.75, 3.05) is 12.4 Å². The Bertz CT molecular complexity index is 728. The van der Waals surface area contributed by atoms with Crippen molar-refractivity contribution in [1.82, 2.24) is 20.6 Å². The standard InChI is InChI=1S/C17H25N7O/c1-9(20-2)10(7-18)15-14-13(8-21-16(14)25)23-17(24-15)22-12-6-4-3-5-11(12)19/h7,11-12,18,20H,3-6,8,19H2,1-2H3,(H,21,25)(H,22,23,24)/b10-9+,18-7?. The van der Waals surface area contributed by atoms with E-state index in [9.17, 15) is 4.79 Å². The second kappa shape index (κ2) is 7.18. The number of amides is 1. The average Bonchev–Trinajstić information content (AvgIpc) is 2.98. The lowest BCUT2D eigenvalue weighted by Crippen LogP contribution is -2.43. The molecule has 3 rings (SSSR count). The fraction of sp³-hybridized carbons (Fsp3) is 0.529. The Balaban J connectivity index is 2.03. The molecule has 0 aromatic carbocycles. The monoisotopic (exact) mass is 343 g/mol. The molecule has 8 heteroatoms. The predicted octanol–water partition coefficient (Wildman–Crippen LogP) is 1.00. The molecule has 1 aromatic heterocycles. The first-order valence-electron chi connectivity index (χ1n) is 8.65. The van der Waals surface area contributed by atoms with Gasteiger partial charge in [-0.25, -0.2) is 9.97 Å². The topological polar surface area (TPSA) is 129 Å². The van der Waals surface area contributed by atoms with Crippen molar-refractivity contribution < 1.29 is 4.79 Å². The van der Waals surface area contributed by atoms with Crippen LogP contribution in [0.3, 0.4) is 0 Å². The molecule has 1 saturated carbocycles. The number of nitrogens with one attached hydrogen (secondary N) is 4. The van der Waals surface area contributed by atoms with Crippen molar-refractivity contribution >= 4 is 23.6 Å². The smallest absolute Gasteiger partial charge is 0.255 e. The number of fused-ring (bicyclic) bond motifs is 1. The summed E-state index contributed by atoms with van der Waals surface area (Å²) in [6.07, 6.45) is 5.47. The van der Waals surface area contributed by atoms with Gasteiger partial charge in [0.1, 0.15) is 0 Å². The summed E-state index contributed by atoms with van der Waals surface area (Å²) in [7, 11) is 1.78. The lowest BCUT2D eigenvalue weighted by Gasteiger charge is -2.29. The van der Waals surface area contributed by atoms with E-state index in [0.717, 1.165) is 31.4 Å². The maximum atomic E-state index is 12.2. The van der Waals surface area contributed by atoms with E-state index >= 15 is 0 Å². The van der Waals surface area contributed by atoms with Gasteiger partial charge in [-0.05, 0) is 19.8 Å². The van der Waals surface area contributed by atoms with E-state index in [1.807, 2.05) is 6.92 Å². The normalized spacial score (nSPS) is 23.4. The van der Waals surface area contributed by atoms with Crippen LogP contribution in [0.2, 0.25) is 0 Å². The fourth-order valence-corrected chi connectivity index (χ4v) is 3.38. The van der Waals surface area contributed by atoms with Gasteiger partial charge in [-0.15, -0.1) is 0 Å². The minimum Gasteiger partial charge on any atom is -0.391 e. The number of nitrogens with zero attached hydrogens (tertiary/aromatic N) is 2. The van der Waals surface area contributed by atoms with Crippen LogP contribution in [0.1, 0.15) is 54.4 Å². The number of anilines is 1. The summed E-state index contributed by atoms with van der Waals surface area (Å²) in [4.78, 5) is 21.3. The van der Waals surface area contributed by atoms with E-state index in [1.165, 1.54) is 6.21 Å². The first-order valence-corrected chi connectivity index (χ1v) is 8.65. The molecular formula is C17H25N7O. The van der Waals surface area contributed by atoms with Gasteiger partial charge in [0.2, 0.25) is 5.95 Å². The molecule has 1 amide bonds. The molecule has 0 bridgehead atoms. The van der Waals surface area contributed by atoms with Crippen LogP contribution in [0.25, 0.3) is 5.57 Å². The van der Waals surface area contributed by atoms with Crippen molar-refractivity contribution in [3.8, 4) is 0 Å². The van der Waals surface area contributed by atoms with E-state index in [1.54, 1.807) is 7.05 Å². The molecule has 1 aromatic rings. The fourth-order valence-electron chi connectivity index (χ4n) is 3.38. The maximum Gasteiger partial charge on any atom is 0.255 e. The first-order chi connectivity index (χ1) is 12.0. The van der Waals surface area contributed by atoms with Crippen molar-refractivity contribution in [3.05, 3.63) is 22.6 Å². The van der Waals surface area contributed by atoms with Gasteiger partial charge >= 0.3 is 0 Å². The molecular weight excluding hydrogens is 318 g/mol. The van der Waals surface area contributed by atoms with E-state index in [2.05, 4.69) is 25.9 Å². The second-order valence-electron chi connectivity index (χ2n) is 6.53. The van der Waals surface area contributed by atoms with E-state index < -0.39 is 0 Å². The number of hydrogen-bond acceptors (Lipinski definition) is 7. The third-order valence-corrected chi connectivity index (χ3v) is 4.94. The van der Waals surface area contributed by atoms with Crippen LogP contribution in [0.4, 0.5) is 5.95 Å². The molecule has 1 aliphatic heterocycles. The van der Waals surface area contributed by atoms with Crippen LogP contribution in [0, 0.1) is 5.41 Å². The number of carbonyl (C=O) groups excluding carboxylic acids is 1. The molecule has 2 unspecified atom stereocenters. The third-order valence-electron chi connectivity index (χ3n) is 4.94. The van der Waals surface area contributed by atoms with Crippen LogP contribution in [-0.4, -0.2) is 41.2 Å². The lowest BCUT2D eigenvalue weighted by atomic mass is 9.91. The lowest BCUT2D eigenvalue weighted by molar-refractivity contribution is 0.0965. The molecule has 0 saturated heterocycles. The number of rotatable bonds is 5. The highest BCUT2D eigenvalue weighted by molar-refractivity contribution is 6.14. The molecule has 0 radical (unpaired) electrons. The second-order valence-corrected chi connectivity index (χ2v) is 6.53. The van der Waals surface area contributed by atoms with E-state index in [-0.39, 0.29) is 18.0 Å². The van der Waals surface area contributed by atoms with Gasteiger partial charge in [0, 0.05) is 36.6 Å². The van der Waals surface area contributed by atoms with Crippen molar-refractivity contribution in [3.63, 3.8) is 0 Å².